The number of likely N-dealkylation sites (tertiary alicyclic amines) is 1. The summed E-state index contributed by atoms with van der Waals surface area (Å²) in [5.41, 5.74) is 5.93. The van der Waals surface area contributed by atoms with Crippen LogP contribution in [0.15, 0.2) is 60.0 Å². The summed E-state index contributed by atoms with van der Waals surface area (Å²) in [6.45, 7) is 1.37. The maximum atomic E-state index is 13.3. The quantitative estimate of drug-likeness (QED) is 0.184. The van der Waals surface area contributed by atoms with Crippen molar-refractivity contribution in [3.05, 3.63) is 81.8 Å². The molecule has 1 saturated carbocycles. The molecule has 41 heavy (non-hydrogen) atoms. The van der Waals surface area contributed by atoms with Crippen molar-refractivity contribution in [1.29, 1.82) is 5.41 Å². The molecule has 0 radical (unpaired) electrons. The SMILES string of the molecule is C[C@@H](NC(=O)[C@@H]1C[C@]2(CO)C[C@@H]2N1C(=O)CNC(=O)c1ccc(Oc2ccc(F)cc2)cc1)c1cc(C(=N)N)cs1. The van der Waals surface area contributed by atoms with Gasteiger partial charge in [-0.1, -0.05) is 0 Å². The maximum Gasteiger partial charge on any atom is 0.251 e. The number of nitrogen functional groups attached to an aromatic ring is 1. The average Bonchev–Trinajstić information content (AvgIpc) is 3.30. The Morgan fingerprint density at radius 2 is 1.80 bits per heavy atom. The fourth-order valence-electron chi connectivity index (χ4n) is 5.20. The van der Waals surface area contributed by atoms with E-state index in [-0.39, 0.29) is 42.8 Å². The fraction of sp³-hybridized carbons (Fsp3) is 0.310. The fourth-order valence-corrected chi connectivity index (χ4v) is 6.12. The third-order valence-electron chi connectivity index (χ3n) is 7.61. The van der Waals surface area contributed by atoms with Crippen molar-refractivity contribution >= 4 is 34.9 Å². The zero-order chi connectivity index (χ0) is 29.3. The van der Waals surface area contributed by atoms with Crippen molar-refractivity contribution in [3.63, 3.8) is 0 Å². The molecule has 214 valence electrons. The van der Waals surface area contributed by atoms with Gasteiger partial charge in [0.05, 0.1) is 19.2 Å². The second-order valence-electron chi connectivity index (χ2n) is 10.4. The summed E-state index contributed by atoms with van der Waals surface area (Å²) >= 11 is 1.38. The minimum atomic E-state index is -0.775. The number of aliphatic hydroxyl groups excluding tert-OH is 1. The molecular formula is C29H30FN5O5S. The zero-order valence-electron chi connectivity index (χ0n) is 22.2. The minimum Gasteiger partial charge on any atom is -0.457 e. The Kier molecular flexibility index (Phi) is 7.78. The number of carbonyl (C=O) groups is 3. The van der Waals surface area contributed by atoms with Crippen molar-refractivity contribution in [2.24, 2.45) is 11.1 Å². The number of amidine groups is 1. The van der Waals surface area contributed by atoms with Crippen LogP contribution in [0.5, 0.6) is 11.5 Å². The normalized spacial score (nSPS) is 21.5. The molecule has 2 heterocycles. The van der Waals surface area contributed by atoms with Crippen molar-refractivity contribution in [1.82, 2.24) is 15.5 Å². The van der Waals surface area contributed by atoms with Crippen LogP contribution in [-0.4, -0.2) is 58.8 Å². The van der Waals surface area contributed by atoms with Crippen LogP contribution in [0.3, 0.4) is 0 Å². The van der Waals surface area contributed by atoms with Gasteiger partial charge in [-0.05, 0) is 74.4 Å². The first kappa shape index (κ1) is 28.2. The number of piperidine rings is 1. The van der Waals surface area contributed by atoms with Crippen molar-refractivity contribution < 1.29 is 28.6 Å². The number of aliphatic hydroxyl groups is 1. The van der Waals surface area contributed by atoms with E-state index in [0.29, 0.717) is 35.5 Å². The molecule has 3 aromatic rings. The molecular weight excluding hydrogens is 549 g/mol. The number of nitrogens with zero attached hydrogens (tertiary/aromatic N) is 1. The van der Waals surface area contributed by atoms with Gasteiger partial charge in [-0.25, -0.2) is 4.39 Å². The molecule has 12 heteroatoms. The van der Waals surface area contributed by atoms with Crippen LogP contribution in [0.1, 0.15) is 46.6 Å². The lowest BCUT2D eigenvalue weighted by molar-refractivity contribution is -0.139. The van der Waals surface area contributed by atoms with Gasteiger partial charge in [0.15, 0.2) is 0 Å². The largest absolute Gasteiger partial charge is 0.457 e. The number of benzene rings is 2. The van der Waals surface area contributed by atoms with Crippen molar-refractivity contribution in [2.45, 2.75) is 37.9 Å². The first-order valence-electron chi connectivity index (χ1n) is 13.1. The summed E-state index contributed by atoms with van der Waals surface area (Å²) < 4.78 is 18.7. The average molecular weight is 580 g/mol. The highest BCUT2D eigenvalue weighted by Gasteiger charge is 2.66. The van der Waals surface area contributed by atoms with E-state index in [2.05, 4.69) is 10.6 Å². The Morgan fingerprint density at radius 1 is 1.15 bits per heavy atom. The first-order chi connectivity index (χ1) is 19.6. The van der Waals surface area contributed by atoms with Crippen LogP contribution in [0.2, 0.25) is 0 Å². The molecule has 1 aromatic heterocycles. The molecule has 2 aromatic carbocycles. The number of carbonyl (C=O) groups excluding carboxylic acids is 3. The number of thiophene rings is 1. The van der Waals surface area contributed by atoms with Gasteiger partial charge in [-0.2, -0.15) is 0 Å². The van der Waals surface area contributed by atoms with Gasteiger partial charge in [-0.3, -0.25) is 19.8 Å². The summed E-state index contributed by atoms with van der Waals surface area (Å²) in [5, 5.41) is 24.9. The van der Waals surface area contributed by atoms with E-state index < -0.39 is 23.3 Å². The minimum absolute atomic E-state index is 0.0557. The van der Waals surface area contributed by atoms with Crippen LogP contribution in [0.4, 0.5) is 4.39 Å². The highest BCUT2D eigenvalue weighted by Crippen LogP contribution is 2.59. The van der Waals surface area contributed by atoms with E-state index >= 15 is 0 Å². The number of halogens is 1. The number of ether oxygens (including phenoxy) is 1. The predicted molar refractivity (Wildman–Crippen MR) is 150 cm³/mol. The number of nitrogens with two attached hydrogens (primary N) is 1. The lowest BCUT2D eigenvalue weighted by Gasteiger charge is -2.28. The number of fused-ring (bicyclic) bond motifs is 1. The van der Waals surface area contributed by atoms with Gasteiger partial charge in [-0.15, -0.1) is 11.3 Å². The molecule has 1 saturated heterocycles. The Morgan fingerprint density at radius 3 is 2.41 bits per heavy atom. The molecule has 0 unspecified atom stereocenters. The van der Waals surface area contributed by atoms with Crippen LogP contribution in [0, 0.1) is 16.6 Å². The Bertz CT molecular complexity index is 1480. The molecule has 5 rings (SSSR count). The van der Waals surface area contributed by atoms with Gasteiger partial charge < -0.3 is 31.1 Å². The number of rotatable bonds is 10. The summed E-state index contributed by atoms with van der Waals surface area (Å²) in [5.74, 6) is -0.743. The van der Waals surface area contributed by atoms with Gasteiger partial charge in [0.1, 0.15) is 29.2 Å². The summed E-state index contributed by atoms with van der Waals surface area (Å²) in [6.07, 6.45) is 0.940. The second kappa shape index (κ2) is 11.3. The predicted octanol–water partition coefficient (Wildman–Crippen LogP) is 2.92. The van der Waals surface area contributed by atoms with Gasteiger partial charge in [0.2, 0.25) is 11.8 Å². The van der Waals surface area contributed by atoms with Gasteiger partial charge in [0.25, 0.3) is 5.91 Å². The van der Waals surface area contributed by atoms with Crippen molar-refractivity contribution in [2.75, 3.05) is 13.2 Å². The van der Waals surface area contributed by atoms with Gasteiger partial charge >= 0.3 is 0 Å². The number of hydrogen-bond donors (Lipinski definition) is 5. The lowest BCUT2D eigenvalue weighted by atomic mass is 10.00. The zero-order valence-corrected chi connectivity index (χ0v) is 23.0. The number of nitrogens with one attached hydrogen (secondary N) is 3. The first-order valence-corrected chi connectivity index (χ1v) is 13.9. The van der Waals surface area contributed by atoms with E-state index in [1.165, 1.54) is 40.5 Å². The molecule has 4 atom stereocenters. The molecule has 2 aliphatic rings. The standard InChI is InChI=1S/C29H30FN5O5S/c1-16(23-10-18(14-41-23)26(31)32)34-28(39)22-11-29(15-36)12-24(29)35(22)25(37)13-33-27(38)17-2-6-20(7-3-17)40-21-8-4-19(30)5-9-21/h2-10,14,16,22,24,36H,11-13,15H2,1H3,(H3,31,32)(H,33,38)(H,34,39)/t16-,22+,24+,29-/m1/s1. The topological polar surface area (TPSA) is 158 Å². The van der Waals surface area contributed by atoms with Crippen LogP contribution in [0.25, 0.3) is 0 Å². The lowest BCUT2D eigenvalue weighted by Crippen LogP contribution is -2.51. The Labute approximate surface area is 239 Å². The highest BCUT2D eigenvalue weighted by atomic mass is 32.1. The number of hydrogen-bond acceptors (Lipinski definition) is 7. The maximum absolute atomic E-state index is 13.3. The van der Waals surface area contributed by atoms with E-state index in [1.54, 1.807) is 35.7 Å². The molecule has 3 amide bonds. The smallest absolute Gasteiger partial charge is 0.251 e. The monoisotopic (exact) mass is 579 g/mol. The van der Waals surface area contributed by atoms with Crippen molar-refractivity contribution in [3.8, 4) is 11.5 Å². The molecule has 0 bridgehead atoms. The highest BCUT2D eigenvalue weighted by molar-refractivity contribution is 7.10. The van der Waals surface area contributed by atoms with E-state index in [1.807, 2.05) is 6.92 Å². The molecule has 1 aliphatic carbocycles. The van der Waals surface area contributed by atoms with E-state index in [0.717, 1.165) is 4.88 Å². The van der Waals surface area contributed by atoms with E-state index in [9.17, 15) is 23.9 Å². The third kappa shape index (κ3) is 5.93. The van der Waals surface area contributed by atoms with Crippen LogP contribution >= 0.6 is 11.3 Å². The molecule has 1 aliphatic heterocycles. The molecule has 2 fully saturated rings. The van der Waals surface area contributed by atoms with Crippen LogP contribution < -0.4 is 21.1 Å². The molecule has 10 nitrogen and oxygen atoms in total. The summed E-state index contributed by atoms with van der Waals surface area (Å²) in [4.78, 5) is 41.6. The Hall–Kier alpha value is -4.29. The van der Waals surface area contributed by atoms with Crippen LogP contribution in [-0.2, 0) is 9.59 Å². The third-order valence-corrected chi connectivity index (χ3v) is 8.72. The molecule has 6 N–H and O–H groups in total. The molecule has 0 spiro atoms. The number of amides is 3. The second-order valence-corrected chi connectivity index (χ2v) is 11.3. The Balaban J connectivity index is 1.19. The van der Waals surface area contributed by atoms with E-state index in [4.69, 9.17) is 15.9 Å². The van der Waals surface area contributed by atoms with Gasteiger partial charge in [0, 0.05) is 32.8 Å². The summed E-state index contributed by atoms with van der Waals surface area (Å²) in [7, 11) is 0. The summed E-state index contributed by atoms with van der Waals surface area (Å²) in [6, 6.07) is 12.2.